The summed E-state index contributed by atoms with van der Waals surface area (Å²) in [7, 11) is 0. The lowest BCUT2D eigenvalue weighted by molar-refractivity contribution is 0.0761. The van der Waals surface area contributed by atoms with Crippen molar-refractivity contribution in [3.05, 3.63) is 0 Å². The molecule has 0 aromatic rings. The highest BCUT2D eigenvalue weighted by molar-refractivity contribution is 4.91. The van der Waals surface area contributed by atoms with E-state index in [0.717, 1.165) is 13.1 Å². The molecule has 0 aromatic carbocycles. The molecule has 0 saturated carbocycles. The van der Waals surface area contributed by atoms with Crippen LogP contribution in [0.25, 0.3) is 0 Å². The van der Waals surface area contributed by atoms with E-state index in [2.05, 4.69) is 44.8 Å². The van der Waals surface area contributed by atoms with E-state index in [0.29, 0.717) is 12.1 Å². The molecule has 1 aliphatic rings. The molecule has 2 nitrogen and oxygen atoms in total. The van der Waals surface area contributed by atoms with Gasteiger partial charge in [-0.15, -0.1) is 0 Å². The maximum absolute atomic E-state index is 3.55. The van der Waals surface area contributed by atoms with Crippen molar-refractivity contribution in [2.75, 3.05) is 13.1 Å². The zero-order chi connectivity index (χ0) is 9.35. The highest BCUT2D eigenvalue weighted by Crippen LogP contribution is 2.16. The summed E-state index contributed by atoms with van der Waals surface area (Å²) in [5, 5.41) is 3.55. The first-order valence-electron chi connectivity index (χ1n) is 4.93. The SMILES string of the molecule is CC(C)N1CC(C)(C)NC[C@@H]1C. The van der Waals surface area contributed by atoms with Crippen LogP contribution in [0.4, 0.5) is 0 Å². The van der Waals surface area contributed by atoms with Gasteiger partial charge in [0.25, 0.3) is 0 Å². The van der Waals surface area contributed by atoms with Crippen molar-refractivity contribution in [1.82, 2.24) is 10.2 Å². The van der Waals surface area contributed by atoms with Gasteiger partial charge in [0, 0.05) is 30.7 Å². The Morgan fingerprint density at radius 3 is 2.42 bits per heavy atom. The van der Waals surface area contributed by atoms with Crippen molar-refractivity contribution in [3.63, 3.8) is 0 Å². The number of rotatable bonds is 1. The van der Waals surface area contributed by atoms with E-state index in [1.807, 2.05) is 0 Å². The van der Waals surface area contributed by atoms with E-state index >= 15 is 0 Å². The molecular formula is C10H22N2. The first-order chi connectivity index (χ1) is 5.42. The third-order valence-corrected chi connectivity index (χ3v) is 2.68. The van der Waals surface area contributed by atoms with Gasteiger partial charge in [-0.2, -0.15) is 0 Å². The van der Waals surface area contributed by atoms with Crippen LogP contribution in [0.5, 0.6) is 0 Å². The van der Waals surface area contributed by atoms with Gasteiger partial charge in [-0.05, 0) is 34.6 Å². The van der Waals surface area contributed by atoms with Crippen molar-refractivity contribution in [2.24, 2.45) is 0 Å². The second-order valence-electron chi connectivity index (χ2n) is 4.88. The van der Waals surface area contributed by atoms with E-state index in [4.69, 9.17) is 0 Å². The molecule has 1 aliphatic heterocycles. The van der Waals surface area contributed by atoms with Gasteiger partial charge in [-0.3, -0.25) is 4.90 Å². The molecule has 1 heterocycles. The topological polar surface area (TPSA) is 15.3 Å². The van der Waals surface area contributed by atoms with E-state index < -0.39 is 0 Å². The molecule has 0 radical (unpaired) electrons. The summed E-state index contributed by atoms with van der Waals surface area (Å²) in [5.41, 5.74) is 0.288. The molecule has 0 aromatic heterocycles. The van der Waals surface area contributed by atoms with Gasteiger partial charge in [0.2, 0.25) is 0 Å². The fourth-order valence-corrected chi connectivity index (χ4v) is 1.90. The summed E-state index contributed by atoms with van der Waals surface area (Å²) in [4.78, 5) is 2.57. The van der Waals surface area contributed by atoms with Gasteiger partial charge >= 0.3 is 0 Å². The maximum atomic E-state index is 3.55. The van der Waals surface area contributed by atoms with Gasteiger partial charge in [0.1, 0.15) is 0 Å². The summed E-state index contributed by atoms with van der Waals surface area (Å²) < 4.78 is 0. The molecule has 0 amide bonds. The van der Waals surface area contributed by atoms with E-state index in [9.17, 15) is 0 Å². The fraction of sp³-hybridized carbons (Fsp3) is 1.00. The molecule has 1 rings (SSSR count). The standard InChI is InChI=1S/C10H22N2/c1-8(2)12-7-10(4,5)11-6-9(12)3/h8-9,11H,6-7H2,1-5H3/t9-/m0/s1. The second-order valence-corrected chi connectivity index (χ2v) is 4.88. The Labute approximate surface area is 76.3 Å². The molecule has 72 valence electrons. The first-order valence-corrected chi connectivity index (χ1v) is 4.93. The number of nitrogens with one attached hydrogen (secondary N) is 1. The summed E-state index contributed by atoms with van der Waals surface area (Å²) >= 11 is 0. The lowest BCUT2D eigenvalue weighted by Gasteiger charge is -2.45. The fourth-order valence-electron chi connectivity index (χ4n) is 1.90. The Hall–Kier alpha value is -0.0800. The van der Waals surface area contributed by atoms with Crippen LogP contribution < -0.4 is 5.32 Å². The molecule has 0 spiro atoms. The molecule has 1 atom stereocenters. The highest BCUT2D eigenvalue weighted by Gasteiger charge is 2.31. The zero-order valence-electron chi connectivity index (χ0n) is 9.02. The third kappa shape index (κ3) is 2.20. The van der Waals surface area contributed by atoms with Crippen LogP contribution in [0.2, 0.25) is 0 Å². The van der Waals surface area contributed by atoms with Crippen LogP contribution in [0.1, 0.15) is 34.6 Å². The Bertz CT molecular complexity index is 152. The van der Waals surface area contributed by atoms with Crippen molar-refractivity contribution < 1.29 is 0 Å². The van der Waals surface area contributed by atoms with Crippen LogP contribution in [0, 0.1) is 0 Å². The smallest absolute Gasteiger partial charge is 0.0253 e. The quantitative estimate of drug-likeness (QED) is 0.641. The van der Waals surface area contributed by atoms with Crippen LogP contribution in [0.15, 0.2) is 0 Å². The molecule has 0 unspecified atom stereocenters. The minimum atomic E-state index is 0.288. The summed E-state index contributed by atoms with van der Waals surface area (Å²) in [6, 6.07) is 1.35. The molecule has 1 fully saturated rings. The summed E-state index contributed by atoms with van der Waals surface area (Å²) in [6.45, 7) is 13.7. The van der Waals surface area contributed by atoms with Crippen LogP contribution in [-0.2, 0) is 0 Å². The zero-order valence-corrected chi connectivity index (χ0v) is 9.02. The van der Waals surface area contributed by atoms with Crippen molar-refractivity contribution in [2.45, 2.75) is 52.2 Å². The normalized spacial score (nSPS) is 31.0. The van der Waals surface area contributed by atoms with E-state index in [1.165, 1.54) is 0 Å². The Balaban J connectivity index is 2.59. The number of nitrogens with zero attached hydrogens (tertiary/aromatic N) is 1. The van der Waals surface area contributed by atoms with Gasteiger partial charge < -0.3 is 5.32 Å². The number of piperazine rings is 1. The second kappa shape index (κ2) is 3.35. The molecule has 0 bridgehead atoms. The lowest BCUT2D eigenvalue weighted by atomic mass is 9.98. The summed E-state index contributed by atoms with van der Waals surface area (Å²) in [6.07, 6.45) is 0. The van der Waals surface area contributed by atoms with E-state index in [-0.39, 0.29) is 5.54 Å². The van der Waals surface area contributed by atoms with Gasteiger partial charge in [0.15, 0.2) is 0 Å². The largest absolute Gasteiger partial charge is 0.309 e. The first kappa shape index (κ1) is 10.0. The lowest BCUT2D eigenvalue weighted by Crippen LogP contribution is -2.62. The van der Waals surface area contributed by atoms with Crippen LogP contribution in [0.3, 0.4) is 0 Å². The van der Waals surface area contributed by atoms with Crippen LogP contribution in [-0.4, -0.2) is 35.6 Å². The van der Waals surface area contributed by atoms with Crippen molar-refractivity contribution in [1.29, 1.82) is 0 Å². The Kier molecular flexibility index (Phi) is 2.79. The monoisotopic (exact) mass is 170 g/mol. The number of hydrogen-bond donors (Lipinski definition) is 1. The molecular weight excluding hydrogens is 148 g/mol. The molecule has 0 aliphatic carbocycles. The minimum Gasteiger partial charge on any atom is -0.309 e. The summed E-state index contributed by atoms with van der Waals surface area (Å²) in [5.74, 6) is 0. The highest BCUT2D eigenvalue weighted by atomic mass is 15.3. The predicted molar refractivity (Wildman–Crippen MR) is 53.4 cm³/mol. The van der Waals surface area contributed by atoms with Gasteiger partial charge in [-0.25, -0.2) is 0 Å². The molecule has 2 heteroatoms. The molecule has 1 N–H and O–H groups in total. The Morgan fingerprint density at radius 1 is 1.42 bits per heavy atom. The molecule has 12 heavy (non-hydrogen) atoms. The van der Waals surface area contributed by atoms with E-state index in [1.54, 1.807) is 0 Å². The average molecular weight is 170 g/mol. The predicted octanol–water partition coefficient (Wildman–Crippen LogP) is 1.47. The third-order valence-electron chi connectivity index (χ3n) is 2.68. The van der Waals surface area contributed by atoms with Crippen LogP contribution >= 0.6 is 0 Å². The average Bonchev–Trinajstić information content (AvgIpc) is 1.94. The van der Waals surface area contributed by atoms with Crippen molar-refractivity contribution >= 4 is 0 Å². The minimum absolute atomic E-state index is 0.288. The van der Waals surface area contributed by atoms with Crippen molar-refractivity contribution in [3.8, 4) is 0 Å². The number of hydrogen-bond acceptors (Lipinski definition) is 2. The molecule has 1 saturated heterocycles. The Morgan fingerprint density at radius 2 is 2.00 bits per heavy atom. The maximum Gasteiger partial charge on any atom is 0.0253 e. The van der Waals surface area contributed by atoms with Gasteiger partial charge in [-0.1, -0.05) is 0 Å². The van der Waals surface area contributed by atoms with Gasteiger partial charge in [0.05, 0.1) is 0 Å².